The van der Waals surface area contributed by atoms with Crippen molar-refractivity contribution < 1.29 is 0 Å². The van der Waals surface area contributed by atoms with E-state index in [4.69, 9.17) is 5.73 Å². The van der Waals surface area contributed by atoms with Gasteiger partial charge in [0.2, 0.25) is 0 Å². The van der Waals surface area contributed by atoms with Gasteiger partial charge >= 0.3 is 0 Å². The van der Waals surface area contributed by atoms with Gasteiger partial charge in [0.25, 0.3) is 0 Å². The van der Waals surface area contributed by atoms with Crippen LogP contribution in [0.1, 0.15) is 25.5 Å². The van der Waals surface area contributed by atoms with Gasteiger partial charge in [-0.3, -0.25) is 4.68 Å². The summed E-state index contributed by atoms with van der Waals surface area (Å²) >= 11 is 0. The zero-order valence-corrected chi connectivity index (χ0v) is 8.96. The Bertz CT molecular complexity index is 440. The maximum Gasteiger partial charge on any atom is 0.200 e. The number of hydrogen-bond acceptors (Lipinski definition) is 3. The first-order chi connectivity index (χ1) is 7.16. The molecule has 0 saturated heterocycles. The van der Waals surface area contributed by atoms with Crippen LogP contribution in [0.5, 0.6) is 0 Å². The third-order valence-electron chi connectivity index (χ3n) is 2.28. The number of anilines is 1. The lowest BCUT2D eigenvalue weighted by Crippen LogP contribution is -2.03. The summed E-state index contributed by atoms with van der Waals surface area (Å²) in [7, 11) is 0. The molecule has 2 N–H and O–H groups in total. The van der Waals surface area contributed by atoms with Crippen molar-refractivity contribution in [1.29, 1.82) is 0 Å². The van der Waals surface area contributed by atoms with Gasteiger partial charge in [-0.2, -0.15) is 5.10 Å². The van der Waals surface area contributed by atoms with E-state index >= 15 is 0 Å². The molecular formula is C10H15N5. The Morgan fingerprint density at radius 3 is 2.80 bits per heavy atom. The van der Waals surface area contributed by atoms with Crippen LogP contribution in [0, 0.1) is 0 Å². The SMILES string of the molecule is CC(C)n1cc(Cn2ccnc2N)cn1. The fourth-order valence-corrected chi connectivity index (χ4v) is 1.41. The fraction of sp³-hybridized carbons (Fsp3) is 0.400. The number of imidazole rings is 1. The van der Waals surface area contributed by atoms with Crippen LogP contribution in [0.25, 0.3) is 0 Å². The Kier molecular flexibility index (Phi) is 2.45. The molecule has 2 aromatic heterocycles. The van der Waals surface area contributed by atoms with Gasteiger partial charge < -0.3 is 10.3 Å². The van der Waals surface area contributed by atoms with Gasteiger partial charge in [0, 0.05) is 30.2 Å². The monoisotopic (exact) mass is 205 g/mol. The molecule has 80 valence electrons. The van der Waals surface area contributed by atoms with Crippen LogP contribution in [-0.4, -0.2) is 19.3 Å². The number of nitrogens with zero attached hydrogens (tertiary/aromatic N) is 4. The van der Waals surface area contributed by atoms with Gasteiger partial charge in [0.05, 0.1) is 12.7 Å². The lowest BCUT2D eigenvalue weighted by molar-refractivity contribution is 0.532. The topological polar surface area (TPSA) is 61.7 Å². The largest absolute Gasteiger partial charge is 0.369 e. The maximum absolute atomic E-state index is 5.68. The minimum absolute atomic E-state index is 0.388. The number of nitrogens with two attached hydrogens (primary N) is 1. The summed E-state index contributed by atoms with van der Waals surface area (Å²) in [5.41, 5.74) is 6.81. The molecule has 15 heavy (non-hydrogen) atoms. The molecule has 0 bridgehead atoms. The van der Waals surface area contributed by atoms with E-state index in [0.717, 1.165) is 12.1 Å². The van der Waals surface area contributed by atoms with Crippen molar-refractivity contribution in [3.8, 4) is 0 Å². The fourth-order valence-electron chi connectivity index (χ4n) is 1.41. The van der Waals surface area contributed by atoms with E-state index in [0.29, 0.717) is 12.0 Å². The van der Waals surface area contributed by atoms with Gasteiger partial charge in [-0.15, -0.1) is 0 Å². The molecular weight excluding hydrogens is 190 g/mol. The second kappa shape index (κ2) is 3.76. The molecule has 0 saturated carbocycles. The van der Waals surface area contributed by atoms with Crippen LogP contribution in [0.15, 0.2) is 24.8 Å². The van der Waals surface area contributed by atoms with E-state index in [1.807, 2.05) is 27.8 Å². The minimum atomic E-state index is 0.388. The number of nitrogen functional groups attached to an aromatic ring is 1. The van der Waals surface area contributed by atoms with Gasteiger partial charge in [-0.25, -0.2) is 4.98 Å². The highest BCUT2D eigenvalue weighted by Gasteiger charge is 2.03. The Balaban J connectivity index is 2.15. The smallest absolute Gasteiger partial charge is 0.200 e. The zero-order valence-electron chi connectivity index (χ0n) is 8.96. The van der Waals surface area contributed by atoms with Crippen molar-refractivity contribution in [2.75, 3.05) is 5.73 Å². The third kappa shape index (κ3) is 2.01. The molecule has 5 heteroatoms. The second-order valence-electron chi connectivity index (χ2n) is 3.84. The molecule has 0 aliphatic carbocycles. The van der Waals surface area contributed by atoms with Crippen LogP contribution in [-0.2, 0) is 6.54 Å². The van der Waals surface area contributed by atoms with Crippen molar-refractivity contribution in [2.24, 2.45) is 0 Å². The van der Waals surface area contributed by atoms with E-state index in [9.17, 15) is 0 Å². The highest BCUT2D eigenvalue weighted by molar-refractivity contribution is 5.19. The molecule has 0 spiro atoms. The second-order valence-corrected chi connectivity index (χ2v) is 3.84. The molecule has 0 unspecified atom stereocenters. The Labute approximate surface area is 88.5 Å². The van der Waals surface area contributed by atoms with Gasteiger partial charge in [-0.05, 0) is 13.8 Å². The van der Waals surface area contributed by atoms with Crippen LogP contribution < -0.4 is 5.73 Å². The molecule has 2 rings (SSSR count). The molecule has 0 aliphatic rings. The minimum Gasteiger partial charge on any atom is -0.369 e. The summed E-state index contributed by atoms with van der Waals surface area (Å²) in [6.45, 7) is 4.92. The van der Waals surface area contributed by atoms with E-state index in [1.165, 1.54) is 0 Å². The normalized spacial score (nSPS) is 11.1. The summed E-state index contributed by atoms with van der Waals surface area (Å²) in [4.78, 5) is 3.97. The number of rotatable bonds is 3. The predicted molar refractivity (Wildman–Crippen MR) is 58.4 cm³/mol. The predicted octanol–water partition coefficient (Wildman–Crippen LogP) is 1.29. The van der Waals surface area contributed by atoms with Crippen molar-refractivity contribution in [3.05, 3.63) is 30.4 Å². The Hall–Kier alpha value is -1.78. The summed E-state index contributed by atoms with van der Waals surface area (Å²) in [5, 5.41) is 4.27. The average Bonchev–Trinajstić information content (AvgIpc) is 2.77. The third-order valence-corrected chi connectivity index (χ3v) is 2.28. The molecule has 0 radical (unpaired) electrons. The lowest BCUT2D eigenvalue weighted by Gasteiger charge is -2.04. The molecule has 0 amide bonds. The van der Waals surface area contributed by atoms with E-state index in [-0.39, 0.29) is 0 Å². The van der Waals surface area contributed by atoms with Crippen molar-refractivity contribution in [1.82, 2.24) is 19.3 Å². The number of hydrogen-bond donors (Lipinski definition) is 1. The molecule has 0 aliphatic heterocycles. The van der Waals surface area contributed by atoms with Crippen molar-refractivity contribution >= 4 is 5.95 Å². The van der Waals surface area contributed by atoms with Crippen molar-refractivity contribution in [3.63, 3.8) is 0 Å². The quantitative estimate of drug-likeness (QED) is 0.821. The standard InChI is InChI=1S/C10H15N5/c1-8(2)15-7-9(5-13-15)6-14-4-3-12-10(14)11/h3-5,7-8H,6H2,1-2H3,(H2,11,12). The lowest BCUT2D eigenvalue weighted by atomic mass is 10.3. The van der Waals surface area contributed by atoms with E-state index in [1.54, 1.807) is 6.20 Å². The first-order valence-electron chi connectivity index (χ1n) is 4.96. The first kappa shape index (κ1) is 9.76. The molecule has 0 fully saturated rings. The molecule has 0 aromatic carbocycles. The zero-order chi connectivity index (χ0) is 10.8. The van der Waals surface area contributed by atoms with Crippen LogP contribution in [0.3, 0.4) is 0 Å². The van der Waals surface area contributed by atoms with Gasteiger partial charge in [0.1, 0.15) is 0 Å². The first-order valence-corrected chi connectivity index (χ1v) is 4.96. The Morgan fingerprint density at radius 1 is 1.47 bits per heavy atom. The van der Waals surface area contributed by atoms with Crippen LogP contribution >= 0.6 is 0 Å². The molecule has 2 aromatic rings. The Morgan fingerprint density at radius 2 is 2.27 bits per heavy atom. The molecule has 5 nitrogen and oxygen atoms in total. The molecule has 2 heterocycles. The van der Waals surface area contributed by atoms with Crippen LogP contribution in [0.2, 0.25) is 0 Å². The molecule has 0 atom stereocenters. The highest BCUT2D eigenvalue weighted by atomic mass is 15.3. The number of aromatic nitrogens is 4. The van der Waals surface area contributed by atoms with E-state index in [2.05, 4.69) is 23.9 Å². The summed E-state index contributed by atoms with van der Waals surface area (Å²) in [6, 6.07) is 0.388. The van der Waals surface area contributed by atoms with Gasteiger partial charge in [0.15, 0.2) is 5.95 Å². The maximum atomic E-state index is 5.68. The van der Waals surface area contributed by atoms with Crippen molar-refractivity contribution in [2.45, 2.75) is 26.4 Å². The van der Waals surface area contributed by atoms with Gasteiger partial charge in [-0.1, -0.05) is 0 Å². The summed E-state index contributed by atoms with van der Waals surface area (Å²) < 4.78 is 3.82. The average molecular weight is 205 g/mol. The summed E-state index contributed by atoms with van der Waals surface area (Å²) in [5.74, 6) is 0.535. The highest BCUT2D eigenvalue weighted by Crippen LogP contribution is 2.08. The van der Waals surface area contributed by atoms with Crippen LogP contribution in [0.4, 0.5) is 5.95 Å². The summed E-state index contributed by atoms with van der Waals surface area (Å²) in [6.07, 6.45) is 7.45. The van der Waals surface area contributed by atoms with E-state index < -0.39 is 0 Å².